The van der Waals surface area contributed by atoms with Crippen molar-refractivity contribution in [2.45, 2.75) is 20.1 Å². The number of anilines is 1. The summed E-state index contributed by atoms with van der Waals surface area (Å²) in [5.41, 5.74) is 3.45. The van der Waals surface area contributed by atoms with Gasteiger partial charge in [0.2, 0.25) is 0 Å². The van der Waals surface area contributed by atoms with Crippen LogP contribution in [0.1, 0.15) is 16.7 Å². The molecule has 2 aromatic carbocycles. The Morgan fingerprint density at radius 1 is 1.05 bits per heavy atom. The molecule has 0 saturated heterocycles. The molecule has 1 aromatic heterocycles. The number of para-hydroxylation sites is 1. The summed E-state index contributed by atoms with van der Waals surface area (Å²) < 4.78 is 5.97. The van der Waals surface area contributed by atoms with Gasteiger partial charge in [0.15, 0.2) is 0 Å². The second-order valence-corrected chi connectivity index (χ2v) is 4.91. The van der Waals surface area contributed by atoms with E-state index in [-0.39, 0.29) is 0 Å². The van der Waals surface area contributed by atoms with Crippen LogP contribution >= 0.6 is 0 Å². The minimum absolute atomic E-state index is 0.466. The molecule has 0 aliphatic carbocycles. The Morgan fingerprint density at radius 3 is 2.59 bits per heavy atom. The maximum atomic E-state index is 5.97. The summed E-state index contributed by atoms with van der Waals surface area (Å²) in [7, 11) is 0. The number of ether oxygens (including phenoxy) is 1. The molecule has 0 amide bonds. The predicted octanol–water partition coefficient (Wildman–Crippen LogP) is 2.70. The van der Waals surface area contributed by atoms with E-state index in [4.69, 9.17) is 4.74 Å². The van der Waals surface area contributed by atoms with Gasteiger partial charge in [-0.2, -0.15) is 5.21 Å². The normalized spacial score (nSPS) is 10.4. The van der Waals surface area contributed by atoms with Crippen LogP contribution in [0.25, 0.3) is 0 Å². The minimum atomic E-state index is 0.466. The molecule has 22 heavy (non-hydrogen) atoms. The number of H-pyrrole nitrogens is 1. The van der Waals surface area contributed by atoms with Gasteiger partial charge in [0.25, 0.3) is 5.95 Å². The van der Waals surface area contributed by atoms with Crippen LogP contribution in [0, 0.1) is 6.92 Å². The quantitative estimate of drug-likeness (QED) is 0.731. The molecular formula is C16H17N5O. The Morgan fingerprint density at radius 2 is 1.82 bits per heavy atom. The van der Waals surface area contributed by atoms with E-state index in [1.807, 2.05) is 36.4 Å². The van der Waals surface area contributed by atoms with Crippen molar-refractivity contribution in [1.29, 1.82) is 0 Å². The van der Waals surface area contributed by atoms with Gasteiger partial charge in [0, 0.05) is 12.1 Å². The first-order valence-electron chi connectivity index (χ1n) is 7.05. The highest BCUT2D eigenvalue weighted by Gasteiger charge is 2.05. The third-order valence-electron chi connectivity index (χ3n) is 3.40. The summed E-state index contributed by atoms with van der Waals surface area (Å²) in [5.74, 6) is 1.32. The molecule has 0 aliphatic rings. The SMILES string of the molecule is Cc1ccccc1COc1ccccc1CNc1nn[nH]n1. The van der Waals surface area contributed by atoms with E-state index in [0.29, 0.717) is 19.1 Å². The fraction of sp³-hybridized carbons (Fsp3) is 0.188. The number of nitrogens with one attached hydrogen (secondary N) is 2. The standard InChI is InChI=1S/C16H17N5O/c1-12-6-2-3-8-14(12)11-22-15-9-5-4-7-13(15)10-17-16-18-20-21-19-16/h2-9H,10-11H2,1H3,(H2,17,18,19,20,21). The zero-order valence-electron chi connectivity index (χ0n) is 12.3. The zero-order chi connectivity index (χ0) is 15.2. The summed E-state index contributed by atoms with van der Waals surface area (Å²) in [6.45, 7) is 3.21. The Balaban J connectivity index is 1.67. The van der Waals surface area contributed by atoms with Gasteiger partial charge >= 0.3 is 0 Å². The number of hydrogen-bond acceptors (Lipinski definition) is 5. The number of nitrogens with zero attached hydrogens (tertiary/aromatic N) is 3. The highest BCUT2D eigenvalue weighted by molar-refractivity contribution is 5.37. The van der Waals surface area contributed by atoms with Crippen LogP contribution in [0.5, 0.6) is 5.75 Å². The first-order valence-corrected chi connectivity index (χ1v) is 7.05. The van der Waals surface area contributed by atoms with Crippen LogP contribution in [0.3, 0.4) is 0 Å². The van der Waals surface area contributed by atoms with Gasteiger partial charge in [0.1, 0.15) is 12.4 Å². The Kier molecular flexibility index (Phi) is 4.29. The predicted molar refractivity (Wildman–Crippen MR) is 83.5 cm³/mol. The summed E-state index contributed by atoms with van der Waals surface area (Å²) in [6.07, 6.45) is 0. The molecule has 0 radical (unpaired) electrons. The molecule has 0 bridgehead atoms. The molecule has 2 N–H and O–H groups in total. The van der Waals surface area contributed by atoms with Crippen molar-refractivity contribution < 1.29 is 4.74 Å². The van der Waals surface area contributed by atoms with Crippen molar-refractivity contribution in [2.24, 2.45) is 0 Å². The molecule has 6 heteroatoms. The molecule has 0 aliphatic heterocycles. The lowest BCUT2D eigenvalue weighted by Gasteiger charge is -2.12. The lowest BCUT2D eigenvalue weighted by Crippen LogP contribution is -2.05. The lowest BCUT2D eigenvalue weighted by molar-refractivity contribution is 0.302. The molecular weight excluding hydrogens is 278 g/mol. The molecule has 3 rings (SSSR count). The number of hydrogen-bond donors (Lipinski definition) is 2. The molecule has 0 atom stereocenters. The van der Waals surface area contributed by atoms with Crippen LogP contribution in [-0.4, -0.2) is 20.6 Å². The summed E-state index contributed by atoms with van der Waals surface area (Å²) in [5, 5.41) is 16.8. The number of rotatable bonds is 6. The van der Waals surface area contributed by atoms with E-state index in [1.165, 1.54) is 11.1 Å². The van der Waals surface area contributed by atoms with E-state index in [0.717, 1.165) is 11.3 Å². The first-order chi connectivity index (χ1) is 10.8. The first kappa shape index (κ1) is 14.1. The fourth-order valence-corrected chi connectivity index (χ4v) is 2.13. The maximum Gasteiger partial charge on any atom is 0.263 e. The molecule has 3 aromatic rings. The van der Waals surface area contributed by atoms with Crippen LogP contribution in [0.15, 0.2) is 48.5 Å². The smallest absolute Gasteiger partial charge is 0.263 e. The number of aromatic nitrogens is 4. The highest BCUT2D eigenvalue weighted by Crippen LogP contribution is 2.20. The average Bonchev–Trinajstić information content (AvgIpc) is 3.06. The molecule has 0 unspecified atom stereocenters. The number of aromatic amines is 1. The third kappa shape index (κ3) is 3.41. The molecule has 112 valence electrons. The second kappa shape index (κ2) is 6.71. The summed E-state index contributed by atoms with van der Waals surface area (Å²) in [4.78, 5) is 0. The van der Waals surface area contributed by atoms with Gasteiger partial charge in [-0.15, -0.1) is 5.10 Å². The summed E-state index contributed by atoms with van der Waals surface area (Å²) >= 11 is 0. The van der Waals surface area contributed by atoms with Crippen molar-refractivity contribution in [2.75, 3.05) is 5.32 Å². The van der Waals surface area contributed by atoms with Gasteiger partial charge < -0.3 is 10.1 Å². The molecule has 0 saturated carbocycles. The van der Waals surface area contributed by atoms with Crippen molar-refractivity contribution in [3.63, 3.8) is 0 Å². The highest BCUT2D eigenvalue weighted by atomic mass is 16.5. The van der Waals surface area contributed by atoms with Gasteiger partial charge in [0.05, 0.1) is 0 Å². The topological polar surface area (TPSA) is 75.7 Å². The van der Waals surface area contributed by atoms with Crippen molar-refractivity contribution >= 4 is 5.95 Å². The molecule has 1 heterocycles. The Hall–Kier alpha value is -2.89. The average molecular weight is 295 g/mol. The minimum Gasteiger partial charge on any atom is -0.489 e. The van der Waals surface area contributed by atoms with Crippen LogP contribution in [0.4, 0.5) is 5.95 Å². The van der Waals surface area contributed by atoms with Crippen LogP contribution < -0.4 is 10.1 Å². The molecule has 0 fully saturated rings. The second-order valence-electron chi connectivity index (χ2n) is 4.91. The maximum absolute atomic E-state index is 5.97. The van der Waals surface area contributed by atoms with Crippen molar-refractivity contribution in [1.82, 2.24) is 20.6 Å². The van der Waals surface area contributed by atoms with E-state index in [9.17, 15) is 0 Å². The van der Waals surface area contributed by atoms with Gasteiger partial charge in [-0.1, -0.05) is 47.6 Å². The third-order valence-corrected chi connectivity index (χ3v) is 3.40. The molecule has 6 nitrogen and oxygen atoms in total. The number of tetrazole rings is 1. The number of benzene rings is 2. The molecule has 0 spiro atoms. The van der Waals surface area contributed by atoms with Crippen LogP contribution in [0.2, 0.25) is 0 Å². The van der Waals surface area contributed by atoms with Crippen LogP contribution in [-0.2, 0) is 13.2 Å². The lowest BCUT2D eigenvalue weighted by atomic mass is 10.1. The van der Waals surface area contributed by atoms with Crippen molar-refractivity contribution in [3.8, 4) is 5.75 Å². The van der Waals surface area contributed by atoms with E-state index < -0.39 is 0 Å². The Bertz CT molecular complexity index is 727. The monoisotopic (exact) mass is 295 g/mol. The number of aryl methyl sites for hydroxylation is 1. The van der Waals surface area contributed by atoms with Gasteiger partial charge in [-0.3, -0.25) is 0 Å². The van der Waals surface area contributed by atoms with E-state index >= 15 is 0 Å². The van der Waals surface area contributed by atoms with Gasteiger partial charge in [-0.05, 0) is 29.3 Å². The summed E-state index contributed by atoms with van der Waals surface area (Å²) in [6, 6.07) is 16.1. The van der Waals surface area contributed by atoms with E-state index in [1.54, 1.807) is 0 Å². The van der Waals surface area contributed by atoms with E-state index in [2.05, 4.69) is 45.0 Å². The fourth-order valence-electron chi connectivity index (χ4n) is 2.13. The largest absolute Gasteiger partial charge is 0.489 e. The zero-order valence-corrected chi connectivity index (χ0v) is 12.3. The van der Waals surface area contributed by atoms with Crippen molar-refractivity contribution in [3.05, 3.63) is 65.2 Å². The van der Waals surface area contributed by atoms with Gasteiger partial charge in [-0.25, -0.2) is 0 Å². The Labute approximate surface area is 128 Å².